The van der Waals surface area contributed by atoms with E-state index in [2.05, 4.69) is 0 Å². The highest BCUT2D eigenvalue weighted by Crippen LogP contribution is 2.21. The Kier molecular flexibility index (Phi) is 5.25. The zero-order chi connectivity index (χ0) is 16.0. The first kappa shape index (κ1) is 16.1. The summed E-state index contributed by atoms with van der Waals surface area (Å²) < 4.78 is 43.1. The van der Waals surface area contributed by atoms with Crippen LogP contribution in [0.5, 0.6) is 5.75 Å². The molecule has 0 aliphatic carbocycles. The van der Waals surface area contributed by atoms with Crippen molar-refractivity contribution in [1.82, 2.24) is 4.57 Å². The summed E-state index contributed by atoms with van der Waals surface area (Å²) in [6.45, 7) is 0.584. The van der Waals surface area contributed by atoms with Gasteiger partial charge in [-0.1, -0.05) is 12.1 Å². The normalized spacial score (nSPS) is 11.4. The molecular formula is C16H16F3NO2. The predicted octanol–water partition coefficient (Wildman–Crippen LogP) is 4.07. The summed E-state index contributed by atoms with van der Waals surface area (Å²) in [5, 5.41) is 0. The maximum absolute atomic E-state index is 12.0. The van der Waals surface area contributed by atoms with Gasteiger partial charge in [0.25, 0.3) is 0 Å². The largest absolute Gasteiger partial charge is 0.494 e. The molecule has 0 saturated heterocycles. The Balaban J connectivity index is 1.84. The summed E-state index contributed by atoms with van der Waals surface area (Å²) in [7, 11) is 0. The van der Waals surface area contributed by atoms with Crippen molar-refractivity contribution in [2.45, 2.75) is 25.6 Å². The van der Waals surface area contributed by atoms with Gasteiger partial charge in [-0.2, -0.15) is 13.2 Å². The van der Waals surface area contributed by atoms with Crippen molar-refractivity contribution < 1.29 is 22.7 Å². The van der Waals surface area contributed by atoms with Crippen LogP contribution in [0, 0.1) is 0 Å². The molecular weight excluding hydrogens is 295 g/mol. The van der Waals surface area contributed by atoms with Gasteiger partial charge < -0.3 is 9.30 Å². The number of carbonyl (C=O) groups is 1. The van der Waals surface area contributed by atoms with Crippen molar-refractivity contribution in [3.8, 4) is 5.75 Å². The number of carbonyl (C=O) groups excluding carboxylic acids is 1. The summed E-state index contributed by atoms with van der Waals surface area (Å²) >= 11 is 0. The van der Waals surface area contributed by atoms with Gasteiger partial charge in [0.1, 0.15) is 5.75 Å². The monoisotopic (exact) mass is 311 g/mol. The van der Waals surface area contributed by atoms with E-state index < -0.39 is 12.6 Å². The molecule has 0 bridgehead atoms. The molecule has 2 aromatic rings. The van der Waals surface area contributed by atoms with Gasteiger partial charge in [-0.25, -0.2) is 0 Å². The van der Waals surface area contributed by atoms with Gasteiger partial charge in [0.15, 0.2) is 6.29 Å². The number of ether oxygens (including phenoxy) is 1. The Labute approximate surface area is 126 Å². The zero-order valence-corrected chi connectivity index (χ0v) is 11.8. The van der Waals surface area contributed by atoms with Crippen LogP contribution < -0.4 is 4.74 Å². The first-order valence-electron chi connectivity index (χ1n) is 6.87. The third kappa shape index (κ3) is 4.95. The molecule has 0 spiro atoms. The Hall–Kier alpha value is -2.24. The van der Waals surface area contributed by atoms with Crippen LogP contribution in [0.15, 0.2) is 42.6 Å². The van der Waals surface area contributed by atoms with Crippen molar-refractivity contribution in [2.24, 2.45) is 0 Å². The molecule has 0 amide bonds. The van der Waals surface area contributed by atoms with E-state index in [1.807, 2.05) is 22.9 Å². The van der Waals surface area contributed by atoms with E-state index in [1.54, 1.807) is 24.3 Å². The molecule has 0 atom stereocenters. The van der Waals surface area contributed by atoms with E-state index in [9.17, 15) is 18.0 Å². The highest BCUT2D eigenvalue weighted by Gasteiger charge is 2.26. The fourth-order valence-electron chi connectivity index (χ4n) is 2.03. The molecule has 2 rings (SSSR count). The Morgan fingerprint density at radius 2 is 1.86 bits per heavy atom. The quantitative estimate of drug-likeness (QED) is 0.570. The average molecular weight is 311 g/mol. The highest BCUT2D eigenvalue weighted by molar-refractivity contribution is 5.72. The van der Waals surface area contributed by atoms with Crippen LogP contribution in [-0.4, -0.2) is 23.6 Å². The summed E-state index contributed by atoms with van der Waals surface area (Å²) in [4.78, 5) is 10.8. The Morgan fingerprint density at radius 3 is 2.50 bits per heavy atom. The topological polar surface area (TPSA) is 31.2 Å². The van der Waals surface area contributed by atoms with E-state index >= 15 is 0 Å². The number of aromatic nitrogens is 1. The van der Waals surface area contributed by atoms with Crippen LogP contribution in [0.25, 0.3) is 0 Å². The molecule has 6 heteroatoms. The molecule has 118 valence electrons. The maximum atomic E-state index is 12.0. The van der Waals surface area contributed by atoms with Gasteiger partial charge in [-0.15, -0.1) is 0 Å². The molecule has 22 heavy (non-hydrogen) atoms. The summed E-state index contributed by atoms with van der Waals surface area (Å²) in [6.07, 6.45) is -2.44. The minimum absolute atomic E-state index is 0.0335. The van der Waals surface area contributed by atoms with Crippen molar-refractivity contribution >= 4 is 6.29 Å². The molecule has 0 fully saturated rings. The van der Waals surface area contributed by atoms with Gasteiger partial charge >= 0.3 is 6.18 Å². The molecule has 0 saturated carbocycles. The van der Waals surface area contributed by atoms with Crippen molar-refractivity contribution in [3.05, 3.63) is 53.9 Å². The first-order valence-corrected chi connectivity index (χ1v) is 6.87. The van der Waals surface area contributed by atoms with Crippen LogP contribution in [-0.2, 0) is 6.54 Å². The fourth-order valence-corrected chi connectivity index (χ4v) is 2.03. The standard InChI is InChI=1S/C16H16F3NO2/c17-16(18,19)8-2-10-22-15-6-4-13(5-7-15)11-20-9-1-3-14(20)12-21/h1,3-7,9,12H,2,8,10-11H2. The molecule has 1 aromatic heterocycles. The van der Waals surface area contributed by atoms with Crippen molar-refractivity contribution in [3.63, 3.8) is 0 Å². The van der Waals surface area contributed by atoms with Crippen LogP contribution in [0.4, 0.5) is 13.2 Å². The minimum atomic E-state index is -4.14. The SMILES string of the molecule is O=Cc1cccn1Cc1ccc(OCCCC(F)(F)F)cc1. The molecule has 0 radical (unpaired) electrons. The lowest BCUT2D eigenvalue weighted by atomic mass is 10.2. The van der Waals surface area contributed by atoms with Crippen LogP contribution in [0.1, 0.15) is 28.9 Å². The smallest absolute Gasteiger partial charge is 0.389 e. The van der Waals surface area contributed by atoms with Gasteiger partial charge in [0.2, 0.25) is 0 Å². The summed E-state index contributed by atoms with van der Waals surface area (Å²) in [5.41, 5.74) is 1.56. The van der Waals surface area contributed by atoms with Gasteiger partial charge in [0, 0.05) is 19.2 Å². The van der Waals surface area contributed by atoms with Crippen LogP contribution in [0.3, 0.4) is 0 Å². The van der Waals surface area contributed by atoms with Crippen LogP contribution >= 0.6 is 0 Å². The second kappa shape index (κ2) is 7.15. The lowest BCUT2D eigenvalue weighted by Crippen LogP contribution is -2.09. The first-order chi connectivity index (χ1) is 10.5. The number of hydrogen-bond acceptors (Lipinski definition) is 2. The van der Waals surface area contributed by atoms with Crippen molar-refractivity contribution in [1.29, 1.82) is 0 Å². The molecule has 0 N–H and O–H groups in total. The molecule has 0 aliphatic rings. The second-order valence-electron chi connectivity index (χ2n) is 4.89. The van der Waals surface area contributed by atoms with E-state index in [0.717, 1.165) is 11.8 Å². The van der Waals surface area contributed by atoms with E-state index in [4.69, 9.17) is 4.74 Å². The lowest BCUT2D eigenvalue weighted by molar-refractivity contribution is -0.136. The number of halogens is 3. The van der Waals surface area contributed by atoms with Gasteiger partial charge in [-0.05, 0) is 36.2 Å². The van der Waals surface area contributed by atoms with Crippen molar-refractivity contribution in [2.75, 3.05) is 6.61 Å². The average Bonchev–Trinajstić information content (AvgIpc) is 2.91. The second-order valence-corrected chi connectivity index (χ2v) is 4.89. The highest BCUT2D eigenvalue weighted by atomic mass is 19.4. The number of nitrogens with zero attached hydrogens (tertiary/aromatic N) is 1. The van der Waals surface area contributed by atoms with Crippen LogP contribution in [0.2, 0.25) is 0 Å². The Bertz CT molecular complexity index is 603. The molecule has 0 unspecified atom stereocenters. The molecule has 1 aromatic carbocycles. The third-order valence-electron chi connectivity index (χ3n) is 3.13. The fraction of sp³-hybridized carbons (Fsp3) is 0.312. The van der Waals surface area contributed by atoms with Gasteiger partial charge in [0.05, 0.1) is 12.3 Å². The summed E-state index contributed by atoms with van der Waals surface area (Å²) in [6, 6.07) is 10.6. The minimum Gasteiger partial charge on any atom is -0.494 e. The Morgan fingerprint density at radius 1 is 1.14 bits per heavy atom. The van der Waals surface area contributed by atoms with E-state index in [1.165, 1.54) is 0 Å². The number of hydrogen-bond donors (Lipinski definition) is 0. The zero-order valence-electron chi connectivity index (χ0n) is 11.8. The van der Waals surface area contributed by atoms with Gasteiger partial charge in [-0.3, -0.25) is 4.79 Å². The number of benzene rings is 1. The molecule has 0 aliphatic heterocycles. The lowest BCUT2D eigenvalue weighted by Gasteiger charge is -2.09. The third-order valence-corrected chi connectivity index (χ3v) is 3.13. The maximum Gasteiger partial charge on any atom is 0.389 e. The number of aldehydes is 1. The molecule has 3 nitrogen and oxygen atoms in total. The number of rotatable bonds is 7. The van der Waals surface area contributed by atoms with E-state index in [-0.39, 0.29) is 13.0 Å². The van der Waals surface area contributed by atoms with E-state index in [0.29, 0.717) is 18.0 Å². The molecule has 1 heterocycles. The number of alkyl halides is 3. The predicted molar refractivity (Wildman–Crippen MR) is 76.1 cm³/mol. The summed E-state index contributed by atoms with van der Waals surface area (Å²) in [5.74, 6) is 0.536.